The molecule has 2 aromatic rings. The van der Waals surface area contributed by atoms with Gasteiger partial charge in [-0.05, 0) is 44.1 Å². The molecule has 0 bridgehead atoms. The van der Waals surface area contributed by atoms with Gasteiger partial charge in [0.25, 0.3) is 0 Å². The quantitative estimate of drug-likeness (QED) is 0.872. The van der Waals surface area contributed by atoms with Gasteiger partial charge < -0.3 is 10.6 Å². The molecule has 1 saturated carbocycles. The molecule has 0 saturated heterocycles. The van der Waals surface area contributed by atoms with Gasteiger partial charge in [-0.25, -0.2) is 14.8 Å². The topological polar surface area (TPSA) is 84.7 Å². The highest BCUT2D eigenvalue weighted by atomic mass is 16.2. The number of carbonyl (C=O) groups excluding carboxylic acids is 1. The number of fused-ring (bicyclic) bond motifs is 1. The minimum Gasteiger partial charge on any atom is -0.338 e. The van der Waals surface area contributed by atoms with Crippen LogP contribution in [-0.2, 0) is 19.9 Å². The highest BCUT2D eigenvalue weighted by Crippen LogP contribution is 2.37. The van der Waals surface area contributed by atoms with E-state index in [0.29, 0.717) is 12.5 Å². The van der Waals surface area contributed by atoms with Crippen molar-refractivity contribution in [2.45, 2.75) is 50.5 Å². The van der Waals surface area contributed by atoms with Crippen molar-refractivity contribution < 1.29 is 4.79 Å². The fourth-order valence-corrected chi connectivity index (χ4v) is 3.39. The number of aromatic nitrogens is 4. The van der Waals surface area contributed by atoms with Crippen molar-refractivity contribution in [1.82, 2.24) is 30.4 Å². The second-order valence-electron chi connectivity index (χ2n) is 7.02. The molecule has 4 rings (SSSR count). The molecule has 1 atom stereocenters. The van der Waals surface area contributed by atoms with Gasteiger partial charge in [0.15, 0.2) is 0 Å². The van der Waals surface area contributed by atoms with Crippen molar-refractivity contribution in [3.05, 3.63) is 41.2 Å². The van der Waals surface area contributed by atoms with Gasteiger partial charge in [0.05, 0.1) is 11.7 Å². The molecule has 132 valence electrons. The molecule has 1 unspecified atom stereocenters. The Bertz CT molecular complexity index is 749. The summed E-state index contributed by atoms with van der Waals surface area (Å²) < 4.78 is 1.83. The number of hydrogen-bond acceptors (Lipinski definition) is 4. The Hall–Kier alpha value is -2.44. The smallest absolute Gasteiger partial charge is 0.315 e. The minimum absolute atomic E-state index is 0.0543. The predicted molar refractivity (Wildman–Crippen MR) is 93.1 cm³/mol. The van der Waals surface area contributed by atoms with Crippen molar-refractivity contribution in [2.24, 2.45) is 7.05 Å². The van der Waals surface area contributed by atoms with Gasteiger partial charge in [-0.1, -0.05) is 0 Å². The average molecular weight is 340 g/mol. The maximum absolute atomic E-state index is 12.2. The number of nitrogens with zero attached hydrogens (tertiary/aromatic N) is 4. The number of urea groups is 1. The SMILES string of the molecule is Cn1cc2c(n1)CCCC2NC(=O)NCCc1cnc(C2CC2)nc1. The molecule has 2 aromatic heterocycles. The Kier molecular flexibility index (Phi) is 4.38. The van der Waals surface area contributed by atoms with Gasteiger partial charge in [-0.2, -0.15) is 5.10 Å². The van der Waals surface area contributed by atoms with E-state index in [4.69, 9.17) is 0 Å². The maximum atomic E-state index is 12.2. The normalized spacial score (nSPS) is 19.3. The summed E-state index contributed by atoms with van der Waals surface area (Å²) in [7, 11) is 1.92. The third kappa shape index (κ3) is 3.81. The van der Waals surface area contributed by atoms with Crippen molar-refractivity contribution in [2.75, 3.05) is 6.54 Å². The lowest BCUT2D eigenvalue weighted by Crippen LogP contribution is -2.39. The lowest BCUT2D eigenvalue weighted by atomic mass is 9.93. The van der Waals surface area contributed by atoms with Crippen LogP contribution in [-0.4, -0.2) is 32.3 Å². The minimum atomic E-state index is -0.128. The molecule has 2 N–H and O–H groups in total. The summed E-state index contributed by atoms with van der Waals surface area (Å²) in [5, 5.41) is 10.5. The first-order valence-electron chi connectivity index (χ1n) is 9.06. The molecule has 2 amide bonds. The van der Waals surface area contributed by atoms with Crippen LogP contribution in [0.4, 0.5) is 4.79 Å². The molecule has 1 fully saturated rings. The van der Waals surface area contributed by atoms with Crippen LogP contribution in [0.5, 0.6) is 0 Å². The number of hydrogen-bond donors (Lipinski definition) is 2. The lowest BCUT2D eigenvalue weighted by Gasteiger charge is -2.22. The van der Waals surface area contributed by atoms with Gasteiger partial charge >= 0.3 is 6.03 Å². The molecule has 0 aliphatic heterocycles. The van der Waals surface area contributed by atoms with Gasteiger partial charge in [0, 0.05) is 43.7 Å². The zero-order valence-corrected chi connectivity index (χ0v) is 14.5. The largest absolute Gasteiger partial charge is 0.338 e. The fraction of sp³-hybridized carbons (Fsp3) is 0.556. The number of nitrogens with one attached hydrogen (secondary N) is 2. The summed E-state index contributed by atoms with van der Waals surface area (Å²) in [6, 6.07) is -0.0733. The molecular formula is C18H24N6O. The molecule has 0 spiro atoms. The Morgan fingerprint density at radius 1 is 1.28 bits per heavy atom. The molecule has 0 radical (unpaired) electrons. The van der Waals surface area contributed by atoms with Crippen molar-refractivity contribution >= 4 is 6.03 Å². The average Bonchev–Trinajstić information content (AvgIpc) is 3.37. The summed E-state index contributed by atoms with van der Waals surface area (Å²) in [6.45, 7) is 0.574. The Morgan fingerprint density at radius 3 is 2.84 bits per heavy atom. The monoisotopic (exact) mass is 340 g/mol. The molecule has 0 aromatic carbocycles. The van der Waals surface area contributed by atoms with Gasteiger partial charge in [-0.3, -0.25) is 4.68 Å². The van der Waals surface area contributed by atoms with Crippen LogP contribution in [0.3, 0.4) is 0 Å². The highest BCUT2D eigenvalue weighted by Gasteiger charge is 2.26. The van der Waals surface area contributed by atoms with Crippen molar-refractivity contribution in [3.8, 4) is 0 Å². The molecule has 25 heavy (non-hydrogen) atoms. The zero-order valence-electron chi connectivity index (χ0n) is 14.5. The van der Waals surface area contributed by atoms with Gasteiger partial charge in [0.1, 0.15) is 5.82 Å². The first kappa shape index (κ1) is 16.1. The van der Waals surface area contributed by atoms with E-state index >= 15 is 0 Å². The fourth-order valence-electron chi connectivity index (χ4n) is 3.39. The molecule has 7 heteroatoms. The summed E-state index contributed by atoms with van der Waals surface area (Å²) in [5.74, 6) is 1.53. The van der Waals surface area contributed by atoms with Gasteiger partial charge in [-0.15, -0.1) is 0 Å². The first-order chi connectivity index (χ1) is 12.2. The molecule has 2 heterocycles. The second kappa shape index (κ2) is 6.82. The second-order valence-corrected chi connectivity index (χ2v) is 7.02. The van der Waals surface area contributed by atoms with Crippen LogP contribution in [0.15, 0.2) is 18.6 Å². The number of aryl methyl sites for hydroxylation is 2. The van der Waals surface area contributed by atoms with Crippen LogP contribution in [0.1, 0.15) is 60.3 Å². The van der Waals surface area contributed by atoms with Crippen molar-refractivity contribution in [3.63, 3.8) is 0 Å². The van der Waals surface area contributed by atoms with Crippen LogP contribution in [0.2, 0.25) is 0 Å². The van der Waals surface area contributed by atoms with E-state index < -0.39 is 0 Å². The van der Waals surface area contributed by atoms with E-state index in [1.54, 1.807) is 0 Å². The standard InChI is InChI=1S/C18H24N6O/c1-24-11-14-15(3-2-4-16(14)23-24)22-18(25)19-8-7-12-9-20-17(21-10-12)13-5-6-13/h9-11,13,15H,2-8H2,1H3,(H2,19,22,25). The summed E-state index contributed by atoms with van der Waals surface area (Å²) in [6.07, 6.45) is 11.9. The Morgan fingerprint density at radius 2 is 2.08 bits per heavy atom. The first-order valence-corrected chi connectivity index (χ1v) is 9.06. The Labute approximate surface area is 147 Å². The van der Waals surface area contributed by atoms with E-state index in [1.165, 1.54) is 12.8 Å². The molecular weight excluding hydrogens is 316 g/mol. The summed E-state index contributed by atoms with van der Waals surface area (Å²) in [5.41, 5.74) is 3.30. The van der Waals surface area contributed by atoms with Crippen LogP contribution in [0, 0.1) is 0 Å². The number of amides is 2. The third-order valence-electron chi connectivity index (χ3n) is 4.89. The van der Waals surface area contributed by atoms with Gasteiger partial charge in [0.2, 0.25) is 0 Å². The molecule has 2 aliphatic carbocycles. The molecule has 2 aliphatic rings. The highest BCUT2D eigenvalue weighted by molar-refractivity contribution is 5.74. The predicted octanol–water partition coefficient (Wildman–Crippen LogP) is 2.01. The molecule has 7 nitrogen and oxygen atoms in total. The number of rotatable bonds is 5. The number of carbonyl (C=O) groups is 1. The van der Waals surface area contributed by atoms with E-state index in [-0.39, 0.29) is 12.1 Å². The summed E-state index contributed by atoms with van der Waals surface area (Å²) in [4.78, 5) is 21.0. The van der Waals surface area contributed by atoms with E-state index in [1.807, 2.05) is 30.3 Å². The third-order valence-corrected chi connectivity index (χ3v) is 4.89. The van der Waals surface area contributed by atoms with Crippen molar-refractivity contribution in [1.29, 1.82) is 0 Å². The van der Waals surface area contributed by atoms with E-state index in [2.05, 4.69) is 25.7 Å². The zero-order chi connectivity index (χ0) is 17.2. The van der Waals surface area contributed by atoms with Crippen LogP contribution >= 0.6 is 0 Å². The lowest BCUT2D eigenvalue weighted by molar-refractivity contribution is 0.235. The van der Waals surface area contributed by atoms with E-state index in [9.17, 15) is 4.79 Å². The van der Waals surface area contributed by atoms with Crippen LogP contribution < -0.4 is 10.6 Å². The maximum Gasteiger partial charge on any atom is 0.315 e. The van der Waals surface area contributed by atoms with Crippen LogP contribution in [0.25, 0.3) is 0 Å². The summed E-state index contributed by atoms with van der Waals surface area (Å²) >= 11 is 0. The Balaban J connectivity index is 1.25. The van der Waals surface area contributed by atoms with E-state index in [0.717, 1.165) is 48.3 Å².